The highest BCUT2D eigenvalue weighted by atomic mass is 32.1. The fourth-order valence-electron chi connectivity index (χ4n) is 1.29. The molecule has 10 heteroatoms. The van der Waals surface area contributed by atoms with E-state index in [9.17, 15) is 26.3 Å². The summed E-state index contributed by atoms with van der Waals surface area (Å²) in [5.74, 6) is -3.53. The van der Waals surface area contributed by atoms with Crippen molar-refractivity contribution in [2.24, 2.45) is 11.7 Å². The molecule has 0 saturated heterocycles. The molecule has 21 heavy (non-hydrogen) atoms. The van der Waals surface area contributed by atoms with Gasteiger partial charge in [-0.1, -0.05) is 24.4 Å². The minimum Gasteiger partial charge on any atom is -0.489 e. The van der Waals surface area contributed by atoms with Gasteiger partial charge in [0, 0.05) is 0 Å². The Labute approximate surface area is 120 Å². The highest BCUT2D eigenvalue weighted by Gasteiger charge is 2.42. The second-order valence-electron chi connectivity index (χ2n) is 3.80. The zero-order chi connectivity index (χ0) is 16.3. The van der Waals surface area contributed by atoms with Gasteiger partial charge in [-0.05, 0) is 12.1 Å². The van der Waals surface area contributed by atoms with Crippen molar-refractivity contribution < 1.29 is 35.8 Å². The van der Waals surface area contributed by atoms with Gasteiger partial charge in [0.25, 0.3) is 0 Å². The highest BCUT2D eigenvalue weighted by molar-refractivity contribution is 7.80. The molecule has 0 saturated carbocycles. The summed E-state index contributed by atoms with van der Waals surface area (Å²) in [5, 5.41) is 0. The molecule has 0 aliphatic carbocycles. The summed E-state index contributed by atoms with van der Waals surface area (Å²) in [6.07, 6.45) is -9.75. The molecule has 1 unspecified atom stereocenters. The Hall–Kier alpha value is -1.71. The van der Waals surface area contributed by atoms with Gasteiger partial charge < -0.3 is 15.2 Å². The van der Waals surface area contributed by atoms with Crippen LogP contribution in [0, 0.1) is 5.92 Å². The lowest BCUT2D eigenvalue weighted by atomic mass is 10.1. The first kappa shape index (κ1) is 17.3. The third kappa shape index (κ3) is 5.66. The van der Waals surface area contributed by atoms with E-state index in [1.807, 2.05) is 0 Å². The van der Waals surface area contributed by atoms with Crippen molar-refractivity contribution in [2.45, 2.75) is 12.5 Å². The molecule has 0 aromatic heterocycles. The molecule has 1 aromatic rings. The molecule has 1 aromatic carbocycles. The molecule has 0 spiro atoms. The van der Waals surface area contributed by atoms with E-state index in [-0.39, 0.29) is 0 Å². The normalized spacial score (nSPS) is 13.6. The molecule has 0 aliphatic heterocycles. The lowest BCUT2D eigenvalue weighted by Crippen LogP contribution is -2.38. The largest absolute Gasteiger partial charge is 0.573 e. The Bertz CT molecular complexity index is 502. The first-order valence-electron chi connectivity index (χ1n) is 5.34. The molecular weight excluding hydrogens is 324 g/mol. The minimum absolute atomic E-state index is 0.500. The van der Waals surface area contributed by atoms with Crippen LogP contribution in [0.1, 0.15) is 0 Å². The van der Waals surface area contributed by atoms with Gasteiger partial charge in [0.15, 0.2) is 11.5 Å². The number of alkyl halides is 6. The molecule has 118 valence electrons. The van der Waals surface area contributed by atoms with Crippen LogP contribution in [-0.4, -0.2) is 24.1 Å². The number of hydrogen-bond donors (Lipinski definition) is 1. The second kappa shape index (κ2) is 6.37. The van der Waals surface area contributed by atoms with E-state index in [0.717, 1.165) is 12.1 Å². The van der Waals surface area contributed by atoms with Crippen LogP contribution >= 0.6 is 12.2 Å². The average Bonchev–Trinajstić information content (AvgIpc) is 2.27. The Morgan fingerprint density at radius 1 is 1.10 bits per heavy atom. The quantitative estimate of drug-likeness (QED) is 0.662. The van der Waals surface area contributed by atoms with Gasteiger partial charge in [0.1, 0.15) is 12.5 Å². The molecule has 0 aliphatic rings. The lowest BCUT2D eigenvalue weighted by Gasteiger charge is -2.20. The maximum Gasteiger partial charge on any atom is 0.573 e. The van der Waals surface area contributed by atoms with Gasteiger partial charge >= 0.3 is 12.5 Å². The van der Waals surface area contributed by atoms with Crippen molar-refractivity contribution >= 4 is 17.2 Å². The van der Waals surface area contributed by atoms with Crippen molar-refractivity contribution in [1.29, 1.82) is 0 Å². The average molecular weight is 333 g/mol. The Morgan fingerprint density at radius 3 is 2.05 bits per heavy atom. The monoisotopic (exact) mass is 333 g/mol. The molecule has 3 nitrogen and oxygen atoms in total. The zero-order valence-electron chi connectivity index (χ0n) is 10.2. The van der Waals surface area contributed by atoms with Crippen molar-refractivity contribution in [3.05, 3.63) is 24.3 Å². The van der Waals surface area contributed by atoms with Crippen molar-refractivity contribution in [3.63, 3.8) is 0 Å². The molecule has 0 heterocycles. The molecule has 2 N–H and O–H groups in total. The smallest absolute Gasteiger partial charge is 0.489 e. The summed E-state index contributed by atoms with van der Waals surface area (Å²) in [4.78, 5) is -0.864. The number of ether oxygens (including phenoxy) is 2. The lowest BCUT2D eigenvalue weighted by molar-refractivity contribution is -0.275. The van der Waals surface area contributed by atoms with E-state index in [0.29, 0.717) is 0 Å². The Balaban J connectivity index is 2.86. The van der Waals surface area contributed by atoms with Gasteiger partial charge in [-0.25, -0.2) is 0 Å². The van der Waals surface area contributed by atoms with Crippen LogP contribution in [0.2, 0.25) is 0 Å². The van der Waals surface area contributed by atoms with Crippen LogP contribution in [0.4, 0.5) is 26.3 Å². The van der Waals surface area contributed by atoms with Crippen LogP contribution in [0.5, 0.6) is 11.5 Å². The van der Waals surface area contributed by atoms with Gasteiger partial charge in [-0.2, -0.15) is 13.2 Å². The number of halogens is 6. The van der Waals surface area contributed by atoms with Crippen LogP contribution in [-0.2, 0) is 0 Å². The van der Waals surface area contributed by atoms with Crippen LogP contribution in [0.3, 0.4) is 0 Å². The number of nitrogens with two attached hydrogens (primary N) is 1. The summed E-state index contributed by atoms with van der Waals surface area (Å²) < 4.78 is 82.5. The topological polar surface area (TPSA) is 44.5 Å². The first-order chi connectivity index (χ1) is 9.50. The van der Waals surface area contributed by atoms with Gasteiger partial charge in [0.2, 0.25) is 0 Å². The summed E-state index contributed by atoms with van der Waals surface area (Å²) in [7, 11) is 0. The predicted octanol–water partition coefficient (Wildman–Crippen LogP) is 3.43. The van der Waals surface area contributed by atoms with E-state index in [4.69, 9.17) is 10.5 Å². The highest BCUT2D eigenvalue weighted by Crippen LogP contribution is 2.33. The molecule has 0 radical (unpaired) electrons. The molecule has 1 rings (SSSR count). The Kier molecular flexibility index (Phi) is 5.26. The predicted molar refractivity (Wildman–Crippen MR) is 65.0 cm³/mol. The van der Waals surface area contributed by atoms with E-state index in [1.54, 1.807) is 0 Å². The van der Waals surface area contributed by atoms with Crippen LogP contribution < -0.4 is 15.2 Å². The molecule has 0 bridgehead atoms. The fourth-order valence-corrected chi connectivity index (χ4v) is 1.49. The van der Waals surface area contributed by atoms with E-state index in [2.05, 4.69) is 17.0 Å². The summed E-state index contributed by atoms with van der Waals surface area (Å²) in [5.41, 5.74) is 4.95. The number of hydrogen-bond acceptors (Lipinski definition) is 3. The summed E-state index contributed by atoms with van der Waals surface area (Å²) in [6.45, 7) is -1.04. The molecule has 0 amide bonds. The zero-order valence-corrected chi connectivity index (χ0v) is 11.0. The van der Waals surface area contributed by atoms with Gasteiger partial charge in [-0.3, -0.25) is 0 Å². The third-order valence-corrected chi connectivity index (χ3v) is 2.50. The molecule has 0 fully saturated rings. The molecular formula is C11H9F6NO2S. The summed E-state index contributed by atoms with van der Waals surface area (Å²) >= 11 is 4.27. The van der Waals surface area contributed by atoms with Crippen LogP contribution in [0.15, 0.2) is 24.3 Å². The SMILES string of the molecule is NC(=S)C(COc1ccccc1OC(F)(F)F)C(F)(F)F. The summed E-state index contributed by atoms with van der Waals surface area (Å²) in [6, 6.07) is 4.44. The van der Waals surface area contributed by atoms with E-state index in [1.165, 1.54) is 12.1 Å². The Morgan fingerprint density at radius 2 is 1.62 bits per heavy atom. The number of benzene rings is 1. The van der Waals surface area contributed by atoms with Crippen molar-refractivity contribution in [1.82, 2.24) is 0 Å². The minimum atomic E-state index is -4.99. The van der Waals surface area contributed by atoms with Crippen molar-refractivity contribution in [3.8, 4) is 11.5 Å². The number of rotatable bonds is 5. The van der Waals surface area contributed by atoms with Gasteiger partial charge in [0.05, 0.1) is 4.99 Å². The first-order valence-corrected chi connectivity index (χ1v) is 5.75. The standard InChI is InChI=1S/C11H9F6NO2S/c12-10(13,14)6(9(18)21)5-19-7-3-1-2-4-8(7)20-11(15,16)17/h1-4,6H,5H2,(H2,18,21). The van der Waals surface area contributed by atoms with Gasteiger partial charge in [-0.15, -0.1) is 13.2 Å². The number of para-hydroxylation sites is 2. The second-order valence-corrected chi connectivity index (χ2v) is 4.27. The van der Waals surface area contributed by atoms with Crippen LogP contribution in [0.25, 0.3) is 0 Å². The third-order valence-electron chi connectivity index (χ3n) is 2.22. The van der Waals surface area contributed by atoms with Crippen molar-refractivity contribution in [2.75, 3.05) is 6.61 Å². The van der Waals surface area contributed by atoms with E-state index >= 15 is 0 Å². The fraction of sp³-hybridized carbons (Fsp3) is 0.364. The molecule has 1 atom stereocenters. The maximum atomic E-state index is 12.6. The van der Waals surface area contributed by atoms with E-state index < -0.39 is 41.6 Å². The maximum absolute atomic E-state index is 12.6. The number of thiocarbonyl (C=S) groups is 1.